The molecule has 4 rings (SSSR count). The third kappa shape index (κ3) is 6.63. The van der Waals surface area contributed by atoms with Crippen LogP contribution in [0.25, 0.3) is 0 Å². The van der Waals surface area contributed by atoms with E-state index in [0.717, 1.165) is 68.3 Å². The van der Waals surface area contributed by atoms with Crippen LogP contribution in [0.1, 0.15) is 109 Å². The summed E-state index contributed by atoms with van der Waals surface area (Å²) in [7, 11) is -2.15. The van der Waals surface area contributed by atoms with Gasteiger partial charge in [-0.2, -0.15) is 0 Å². The number of carbonyl (C=O) groups is 1. The Morgan fingerprint density at radius 2 is 1.92 bits per heavy atom. The number of ketones is 1. The van der Waals surface area contributed by atoms with Crippen molar-refractivity contribution in [3.05, 3.63) is 40.5 Å². The van der Waals surface area contributed by atoms with Crippen molar-refractivity contribution in [3.63, 3.8) is 0 Å². The Hall–Kier alpha value is -1.47. The monoisotopic (exact) mass is 542 g/mol. The van der Waals surface area contributed by atoms with Crippen molar-refractivity contribution in [2.75, 3.05) is 6.61 Å². The summed E-state index contributed by atoms with van der Waals surface area (Å²) in [5, 5.41) is 10.8. The van der Waals surface area contributed by atoms with Gasteiger partial charge in [-0.1, -0.05) is 59.1 Å². The molecular weight excluding hydrogens is 492 g/mol. The molecule has 1 aliphatic heterocycles. The molecule has 0 spiro atoms. The van der Waals surface area contributed by atoms with Crippen molar-refractivity contribution in [2.24, 2.45) is 5.92 Å². The molecule has 212 valence electrons. The van der Waals surface area contributed by atoms with Gasteiger partial charge in [0.2, 0.25) is 0 Å². The first kappa shape index (κ1) is 29.5. The maximum absolute atomic E-state index is 13.5. The number of allylic oxidation sites excluding steroid dienone is 1. The van der Waals surface area contributed by atoms with E-state index in [2.05, 4.69) is 46.9 Å². The molecule has 0 saturated carbocycles. The fourth-order valence-corrected chi connectivity index (χ4v) is 7.21. The molecule has 1 heterocycles. The van der Waals surface area contributed by atoms with Crippen LogP contribution in [0.4, 0.5) is 0 Å². The summed E-state index contributed by atoms with van der Waals surface area (Å²) in [5.41, 5.74) is 4.13. The van der Waals surface area contributed by atoms with E-state index in [-0.39, 0.29) is 35.2 Å². The van der Waals surface area contributed by atoms with E-state index in [0.29, 0.717) is 18.6 Å². The molecule has 1 aromatic rings. The highest BCUT2D eigenvalue weighted by Crippen LogP contribution is 2.52. The molecule has 1 saturated heterocycles. The first-order valence-corrected chi connectivity index (χ1v) is 17.9. The number of aromatic hydroxyl groups is 1. The zero-order valence-corrected chi connectivity index (χ0v) is 25.6. The summed E-state index contributed by atoms with van der Waals surface area (Å²) in [6.07, 6.45) is 10.3. The van der Waals surface area contributed by atoms with Gasteiger partial charge in [-0.05, 0) is 91.8 Å². The standard InChI is InChI=1S/C32H50O5Si/c1-7-8-9-13-23(36-29-16-10-11-19-35-29)17-18-25-28(34)21-22-20-26-24(14-12-15-27(26)33)31(30(22)25)37-38(5,6)32(2,3)4/h12,14-15,22-23,29,31,33H,7-11,13,16-21H2,1-6H3/t22-,23-,29?,31+/m0/s1. The molecule has 4 atom stereocenters. The van der Waals surface area contributed by atoms with Gasteiger partial charge in [0.1, 0.15) is 5.75 Å². The van der Waals surface area contributed by atoms with Crippen LogP contribution in [0.15, 0.2) is 29.3 Å². The van der Waals surface area contributed by atoms with E-state index in [1.165, 1.54) is 18.4 Å². The van der Waals surface area contributed by atoms with E-state index >= 15 is 0 Å². The highest BCUT2D eigenvalue weighted by Gasteiger charge is 2.47. The molecule has 0 amide bonds. The largest absolute Gasteiger partial charge is 0.508 e. The normalized spacial score (nSPS) is 24.9. The van der Waals surface area contributed by atoms with E-state index in [1.807, 2.05) is 6.07 Å². The molecule has 38 heavy (non-hydrogen) atoms. The Morgan fingerprint density at radius 3 is 2.61 bits per heavy atom. The zero-order chi connectivity index (χ0) is 27.5. The van der Waals surface area contributed by atoms with Crippen molar-refractivity contribution in [1.82, 2.24) is 0 Å². The van der Waals surface area contributed by atoms with Crippen molar-refractivity contribution in [3.8, 4) is 5.75 Å². The first-order valence-electron chi connectivity index (χ1n) is 15.0. The highest BCUT2D eigenvalue weighted by atomic mass is 28.4. The minimum Gasteiger partial charge on any atom is -0.508 e. The second-order valence-electron chi connectivity index (χ2n) is 13.2. The predicted octanol–water partition coefficient (Wildman–Crippen LogP) is 8.17. The first-order chi connectivity index (χ1) is 18.0. The second-order valence-corrected chi connectivity index (χ2v) is 17.9. The number of hydrogen-bond donors (Lipinski definition) is 1. The number of carbonyl (C=O) groups excluding carboxylic acids is 1. The molecule has 0 bridgehead atoms. The maximum atomic E-state index is 13.5. The lowest BCUT2D eigenvalue weighted by molar-refractivity contribution is -0.190. The third-order valence-corrected chi connectivity index (χ3v) is 13.7. The minimum absolute atomic E-state index is 0.0402. The van der Waals surface area contributed by atoms with Crippen LogP contribution in [0, 0.1) is 5.92 Å². The Balaban J connectivity index is 1.63. The Labute approximate surface area is 231 Å². The molecule has 1 N–H and O–H groups in total. The van der Waals surface area contributed by atoms with Gasteiger partial charge in [0.25, 0.3) is 0 Å². The number of Topliss-reactive ketones (excluding diaryl/α,β-unsaturated/α-hetero) is 1. The number of fused-ring (bicyclic) bond motifs is 2. The number of phenolic OH excluding ortho intramolecular Hbond substituents is 1. The van der Waals surface area contributed by atoms with Crippen LogP contribution in [0.3, 0.4) is 0 Å². The number of benzene rings is 1. The van der Waals surface area contributed by atoms with Crippen LogP contribution in [-0.4, -0.2) is 38.2 Å². The maximum Gasteiger partial charge on any atom is 0.193 e. The minimum atomic E-state index is -2.15. The van der Waals surface area contributed by atoms with E-state index < -0.39 is 8.32 Å². The number of ether oxygens (including phenoxy) is 2. The molecule has 1 unspecified atom stereocenters. The van der Waals surface area contributed by atoms with E-state index in [4.69, 9.17) is 13.9 Å². The number of unbranched alkanes of at least 4 members (excludes halogenated alkanes) is 2. The smallest absolute Gasteiger partial charge is 0.193 e. The number of rotatable bonds is 11. The molecule has 2 aliphatic carbocycles. The van der Waals surface area contributed by atoms with Crippen molar-refractivity contribution in [1.29, 1.82) is 0 Å². The van der Waals surface area contributed by atoms with Gasteiger partial charge >= 0.3 is 0 Å². The van der Waals surface area contributed by atoms with Crippen LogP contribution in [-0.2, 0) is 25.1 Å². The van der Waals surface area contributed by atoms with Gasteiger partial charge in [0.15, 0.2) is 20.4 Å². The van der Waals surface area contributed by atoms with Crippen LogP contribution in [0.5, 0.6) is 5.75 Å². The van der Waals surface area contributed by atoms with Crippen LogP contribution in [0.2, 0.25) is 18.1 Å². The van der Waals surface area contributed by atoms with Crippen LogP contribution >= 0.6 is 0 Å². The SMILES string of the molecule is CCCCC[C@@H](CCC1=C2[C@H](CC1=O)Cc1c(O)cccc1[C@H]2O[Si](C)(C)C(C)(C)C)OC1CCCCO1. The van der Waals surface area contributed by atoms with Crippen LogP contribution < -0.4 is 0 Å². The molecule has 0 aromatic heterocycles. The summed E-state index contributed by atoms with van der Waals surface area (Å²) >= 11 is 0. The molecule has 5 nitrogen and oxygen atoms in total. The number of hydrogen-bond acceptors (Lipinski definition) is 5. The molecular formula is C32H50O5Si. The van der Waals surface area contributed by atoms with Gasteiger partial charge < -0.3 is 19.0 Å². The Bertz CT molecular complexity index is 1000. The van der Waals surface area contributed by atoms with E-state index in [1.54, 1.807) is 6.07 Å². The molecule has 6 heteroatoms. The van der Waals surface area contributed by atoms with Crippen molar-refractivity contribution < 1.29 is 23.8 Å². The fourth-order valence-electron chi connectivity index (χ4n) is 6.02. The summed E-state index contributed by atoms with van der Waals surface area (Å²) in [4.78, 5) is 13.5. The van der Waals surface area contributed by atoms with E-state index in [9.17, 15) is 9.90 Å². The summed E-state index contributed by atoms with van der Waals surface area (Å²) in [5.74, 6) is 0.680. The quantitative estimate of drug-likeness (QED) is 0.226. The van der Waals surface area contributed by atoms with Gasteiger partial charge in [0.05, 0.1) is 12.2 Å². The summed E-state index contributed by atoms with van der Waals surface area (Å²) < 4.78 is 19.5. The third-order valence-electron chi connectivity index (χ3n) is 9.31. The molecule has 3 aliphatic rings. The Kier molecular flexibility index (Phi) is 9.60. The van der Waals surface area contributed by atoms with Gasteiger partial charge in [0, 0.05) is 18.6 Å². The average molecular weight is 543 g/mol. The summed E-state index contributed by atoms with van der Waals surface area (Å²) in [6.45, 7) is 14.3. The fraction of sp³-hybridized carbons (Fsp3) is 0.719. The average Bonchev–Trinajstić information content (AvgIpc) is 3.17. The van der Waals surface area contributed by atoms with Crippen molar-refractivity contribution in [2.45, 2.75) is 135 Å². The molecule has 0 radical (unpaired) electrons. The second kappa shape index (κ2) is 12.4. The predicted molar refractivity (Wildman–Crippen MR) is 155 cm³/mol. The molecule has 1 fully saturated rings. The lowest BCUT2D eigenvalue weighted by Gasteiger charge is -2.43. The summed E-state index contributed by atoms with van der Waals surface area (Å²) in [6, 6.07) is 5.77. The highest BCUT2D eigenvalue weighted by molar-refractivity contribution is 6.74. The van der Waals surface area contributed by atoms with Gasteiger partial charge in [-0.3, -0.25) is 4.79 Å². The molecule has 1 aromatic carbocycles. The van der Waals surface area contributed by atoms with Crippen molar-refractivity contribution >= 4 is 14.1 Å². The lowest BCUT2D eigenvalue weighted by Crippen LogP contribution is -2.43. The van der Waals surface area contributed by atoms with Gasteiger partial charge in [-0.15, -0.1) is 0 Å². The lowest BCUT2D eigenvalue weighted by atomic mass is 9.78. The van der Waals surface area contributed by atoms with Gasteiger partial charge in [-0.25, -0.2) is 0 Å². The zero-order valence-electron chi connectivity index (χ0n) is 24.6. The number of phenols is 1. The Morgan fingerprint density at radius 1 is 1.13 bits per heavy atom. The topological polar surface area (TPSA) is 65.0 Å².